The molecule has 2 rings (SSSR count). The Kier molecular flexibility index (Phi) is 5.45. The molecule has 0 aliphatic rings. The molecule has 0 saturated carbocycles. The van der Waals surface area contributed by atoms with Crippen molar-refractivity contribution in [2.75, 3.05) is 20.1 Å². The number of likely N-dealkylation sites (N-methyl/N-ethyl adjacent to an activating group) is 1. The van der Waals surface area contributed by atoms with Crippen molar-refractivity contribution >= 4 is 21.4 Å². The quantitative estimate of drug-likeness (QED) is 0.724. The molecule has 116 valence electrons. The van der Waals surface area contributed by atoms with Gasteiger partial charge in [0, 0.05) is 25.2 Å². The van der Waals surface area contributed by atoms with E-state index in [0.717, 1.165) is 18.8 Å². The number of thiazole rings is 1. The fourth-order valence-corrected chi connectivity index (χ4v) is 3.43. The number of nitrogens with zero attached hydrogens (tertiary/aromatic N) is 4. The Bertz CT molecular complexity index is 651. The van der Waals surface area contributed by atoms with Crippen LogP contribution in [0.3, 0.4) is 0 Å². The lowest BCUT2D eigenvalue weighted by Crippen LogP contribution is -2.26. The molecule has 2 heterocycles. The van der Waals surface area contributed by atoms with Crippen LogP contribution < -0.4 is 5.32 Å². The van der Waals surface area contributed by atoms with Crippen molar-refractivity contribution in [2.45, 2.75) is 24.9 Å². The van der Waals surface area contributed by atoms with Crippen LogP contribution in [0, 0.1) is 0 Å². The van der Waals surface area contributed by atoms with E-state index in [0.29, 0.717) is 6.54 Å². The van der Waals surface area contributed by atoms with E-state index in [2.05, 4.69) is 15.4 Å². The first-order valence-electron chi connectivity index (χ1n) is 6.60. The molecule has 0 aliphatic heterocycles. The molecular formula is C12H19N5O2S2. The fourth-order valence-electron chi connectivity index (χ4n) is 1.78. The van der Waals surface area contributed by atoms with Crippen LogP contribution in [0.5, 0.6) is 0 Å². The highest BCUT2D eigenvalue weighted by Crippen LogP contribution is 2.16. The number of sulfonamides is 1. The molecule has 0 atom stereocenters. The maximum absolute atomic E-state index is 12.4. The standard InChI is InChI=1S/C12H19N5O2S2/c1-3-13-4-5-17-8-12(6-15-17)21(18,19)16(2)7-11-9-20-10-14-11/h6,8-10,13H,3-5,7H2,1-2H3. The van der Waals surface area contributed by atoms with Crippen LogP contribution >= 0.6 is 11.3 Å². The third kappa shape index (κ3) is 4.10. The van der Waals surface area contributed by atoms with Gasteiger partial charge in [-0.25, -0.2) is 13.4 Å². The minimum atomic E-state index is -3.53. The number of rotatable bonds is 8. The van der Waals surface area contributed by atoms with E-state index in [1.54, 1.807) is 23.4 Å². The van der Waals surface area contributed by atoms with Gasteiger partial charge in [0.05, 0.1) is 30.5 Å². The van der Waals surface area contributed by atoms with Crippen molar-refractivity contribution in [3.63, 3.8) is 0 Å². The lowest BCUT2D eigenvalue weighted by atomic mass is 10.5. The monoisotopic (exact) mass is 329 g/mol. The second-order valence-electron chi connectivity index (χ2n) is 4.53. The van der Waals surface area contributed by atoms with Gasteiger partial charge in [0.1, 0.15) is 4.90 Å². The molecule has 0 radical (unpaired) electrons. The van der Waals surface area contributed by atoms with E-state index in [1.165, 1.54) is 21.8 Å². The summed E-state index contributed by atoms with van der Waals surface area (Å²) in [5.74, 6) is 0. The molecule has 1 N–H and O–H groups in total. The lowest BCUT2D eigenvalue weighted by molar-refractivity contribution is 0.462. The lowest BCUT2D eigenvalue weighted by Gasteiger charge is -2.14. The molecule has 7 nitrogen and oxygen atoms in total. The van der Waals surface area contributed by atoms with Gasteiger partial charge in [-0.15, -0.1) is 11.3 Å². The molecule has 0 aliphatic carbocycles. The fraction of sp³-hybridized carbons (Fsp3) is 0.500. The van der Waals surface area contributed by atoms with E-state index in [9.17, 15) is 8.42 Å². The van der Waals surface area contributed by atoms with Gasteiger partial charge < -0.3 is 5.32 Å². The second-order valence-corrected chi connectivity index (χ2v) is 7.30. The number of hydrogen-bond donors (Lipinski definition) is 1. The van der Waals surface area contributed by atoms with Gasteiger partial charge in [-0.3, -0.25) is 4.68 Å². The number of aromatic nitrogens is 3. The van der Waals surface area contributed by atoms with Gasteiger partial charge in [0.25, 0.3) is 0 Å². The smallest absolute Gasteiger partial charge is 0.246 e. The highest BCUT2D eigenvalue weighted by Gasteiger charge is 2.23. The Labute approximate surface area is 128 Å². The second kappa shape index (κ2) is 7.12. The van der Waals surface area contributed by atoms with E-state index in [-0.39, 0.29) is 11.4 Å². The molecule has 0 fully saturated rings. The zero-order valence-electron chi connectivity index (χ0n) is 12.1. The third-order valence-electron chi connectivity index (χ3n) is 2.95. The van der Waals surface area contributed by atoms with Crippen LogP contribution in [-0.2, 0) is 23.1 Å². The summed E-state index contributed by atoms with van der Waals surface area (Å²) in [6.07, 6.45) is 2.95. The first kappa shape index (κ1) is 16.1. The van der Waals surface area contributed by atoms with Crippen LogP contribution in [0.1, 0.15) is 12.6 Å². The summed E-state index contributed by atoms with van der Waals surface area (Å²) in [6.45, 7) is 4.55. The normalized spacial score (nSPS) is 12.1. The van der Waals surface area contributed by atoms with Crippen molar-refractivity contribution in [3.8, 4) is 0 Å². The van der Waals surface area contributed by atoms with Crippen LogP contribution in [0.2, 0.25) is 0 Å². The average Bonchev–Trinajstić information content (AvgIpc) is 3.10. The molecule has 0 unspecified atom stereocenters. The van der Waals surface area contributed by atoms with Crippen molar-refractivity contribution in [2.24, 2.45) is 0 Å². The molecule has 2 aromatic rings. The van der Waals surface area contributed by atoms with Gasteiger partial charge >= 0.3 is 0 Å². The highest BCUT2D eigenvalue weighted by molar-refractivity contribution is 7.89. The molecule has 0 bridgehead atoms. The maximum Gasteiger partial charge on any atom is 0.246 e. The molecule has 0 amide bonds. The van der Waals surface area contributed by atoms with Crippen molar-refractivity contribution in [1.82, 2.24) is 24.4 Å². The van der Waals surface area contributed by atoms with Gasteiger partial charge in [0.15, 0.2) is 0 Å². The van der Waals surface area contributed by atoms with E-state index < -0.39 is 10.0 Å². The van der Waals surface area contributed by atoms with Crippen LogP contribution in [-0.4, -0.2) is 47.6 Å². The Hall–Kier alpha value is -1.29. The Morgan fingerprint density at radius 2 is 2.29 bits per heavy atom. The molecule has 0 aromatic carbocycles. The summed E-state index contributed by atoms with van der Waals surface area (Å²) in [5, 5.41) is 9.10. The van der Waals surface area contributed by atoms with Crippen LogP contribution in [0.4, 0.5) is 0 Å². The average molecular weight is 329 g/mol. The van der Waals surface area contributed by atoms with Crippen molar-refractivity contribution < 1.29 is 8.42 Å². The van der Waals surface area contributed by atoms with Gasteiger partial charge in [-0.05, 0) is 6.54 Å². The molecule has 0 saturated heterocycles. The summed E-state index contributed by atoms with van der Waals surface area (Å²) < 4.78 is 27.8. The SMILES string of the molecule is CCNCCn1cc(S(=O)(=O)N(C)Cc2cscn2)cn1. The summed E-state index contributed by atoms with van der Waals surface area (Å²) >= 11 is 1.45. The summed E-state index contributed by atoms with van der Waals surface area (Å²) in [4.78, 5) is 4.31. The zero-order chi connectivity index (χ0) is 15.3. The highest BCUT2D eigenvalue weighted by atomic mass is 32.2. The molecule has 0 spiro atoms. The molecule has 21 heavy (non-hydrogen) atoms. The van der Waals surface area contributed by atoms with Crippen LogP contribution in [0.25, 0.3) is 0 Å². The Morgan fingerprint density at radius 1 is 1.48 bits per heavy atom. The minimum Gasteiger partial charge on any atom is -0.315 e. The molecular weight excluding hydrogens is 310 g/mol. The summed E-state index contributed by atoms with van der Waals surface area (Å²) in [6, 6.07) is 0. The number of hydrogen-bond acceptors (Lipinski definition) is 6. The predicted molar refractivity (Wildman–Crippen MR) is 81.5 cm³/mol. The van der Waals surface area contributed by atoms with E-state index in [4.69, 9.17) is 0 Å². The van der Waals surface area contributed by atoms with E-state index >= 15 is 0 Å². The first-order valence-corrected chi connectivity index (χ1v) is 8.99. The van der Waals surface area contributed by atoms with Crippen molar-refractivity contribution in [3.05, 3.63) is 29.0 Å². The van der Waals surface area contributed by atoms with Gasteiger partial charge in [0.2, 0.25) is 10.0 Å². The zero-order valence-corrected chi connectivity index (χ0v) is 13.7. The van der Waals surface area contributed by atoms with Gasteiger partial charge in [-0.2, -0.15) is 9.40 Å². The predicted octanol–water partition coefficient (Wildman–Crippen LogP) is 0.770. The van der Waals surface area contributed by atoms with Crippen molar-refractivity contribution in [1.29, 1.82) is 0 Å². The van der Waals surface area contributed by atoms with Gasteiger partial charge in [-0.1, -0.05) is 6.92 Å². The Morgan fingerprint density at radius 3 is 2.95 bits per heavy atom. The minimum absolute atomic E-state index is 0.205. The summed E-state index contributed by atoms with van der Waals surface area (Å²) in [5.41, 5.74) is 2.43. The number of nitrogens with one attached hydrogen (secondary N) is 1. The third-order valence-corrected chi connectivity index (χ3v) is 5.35. The largest absolute Gasteiger partial charge is 0.315 e. The van der Waals surface area contributed by atoms with E-state index in [1.807, 2.05) is 12.3 Å². The van der Waals surface area contributed by atoms with Crippen LogP contribution in [0.15, 0.2) is 28.2 Å². The Balaban J connectivity index is 2.04. The first-order chi connectivity index (χ1) is 10.0. The summed E-state index contributed by atoms with van der Waals surface area (Å²) in [7, 11) is -1.98. The topological polar surface area (TPSA) is 80.1 Å². The maximum atomic E-state index is 12.4. The molecule has 9 heteroatoms. The molecule has 2 aromatic heterocycles.